The third-order valence-electron chi connectivity index (χ3n) is 23.8. The first-order chi connectivity index (χ1) is 51.2. The summed E-state index contributed by atoms with van der Waals surface area (Å²) in [6.07, 6.45) is 0. The SMILES string of the molecule is c1ccc(B2c3ccccc3B(c3ccccc3)c3c2ccc2c3-c3cc(-c4ccc5c(c4)c4ccccc4n5-c4ccccc4)ccc3C23c2ccc(-c4ccc5c(c4)c4ccccc4n5-c4ccccc4)cc2-c2c3ccc3c2B(c2ccccc2)c2ccccc2B3c2ccccc2)cc1. The average Bonchev–Trinajstić information content (AvgIpc) is 1.49. The lowest BCUT2D eigenvalue weighted by atomic mass is 9.20. The van der Waals surface area contributed by atoms with Crippen molar-refractivity contribution < 1.29 is 0 Å². The minimum absolute atomic E-state index is 0.0106. The largest absolute Gasteiger partial charge is 0.309 e. The van der Waals surface area contributed by atoms with Gasteiger partial charge in [0.15, 0.2) is 0 Å². The van der Waals surface area contributed by atoms with Crippen LogP contribution >= 0.6 is 0 Å². The van der Waals surface area contributed by atoms with Crippen molar-refractivity contribution in [3.63, 3.8) is 0 Å². The highest BCUT2D eigenvalue weighted by atomic mass is 15.0. The van der Waals surface area contributed by atoms with Gasteiger partial charge in [0, 0.05) is 32.9 Å². The summed E-state index contributed by atoms with van der Waals surface area (Å²) in [6.45, 7) is -0.171. The lowest BCUT2D eigenvalue weighted by Gasteiger charge is -2.36. The minimum Gasteiger partial charge on any atom is -0.309 e. The summed E-state index contributed by atoms with van der Waals surface area (Å²) in [7, 11) is 0. The van der Waals surface area contributed by atoms with Crippen LogP contribution < -0.4 is 65.6 Å². The molecule has 0 amide bonds. The molecule has 1 spiro atoms. The first kappa shape index (κ1) is 58.2. The predicted molar refractivity (Wildman–Crippen MR) is 440 cm³/mol. The van der Waals surface area contributed by atoms with Gasteiger partial charge in [-0.2, -0.15) is 0 Å². The van der Waals surface area contributed by atoms with Crippen molar-refractivity contribution in [2.75, 3.05) is 0 Å². The maximum absolute atomic E-state index is 2.61. The molecule has 2 aromatic heterocycles. The Morgan fingerprint density at radius 1 is 0.204 bits per heavy atom. The zero-order valence-electron chi connectivity index (χ0n) is 56.5. The van der Waals surface area contributed by atoms with E-state index in [2.05, 4.69) is 385 Å². The molecule has 2 aliphatic carbocycles. The van der Waals surface area contributed by atoms with Gasteiger partial charge < -0.3 is 9.13 Å². The molecule has 2 aliphatic heterocycles. The molecule has 2 nitrogen and oxygen atoms in total. The van der Waals surface area contributed by atoms with Crippen LogP contribution in [0.3, 0.4) is 0 Å². The van der Waals surface area contributed by atoms with Crippen LogP contribution in [0.2, 0.25) is 0 Å². The number of hydrogen-bond acceptors (Lipinski definition) is 0. The molecule has 0 atom stereocenters. The molecule has 0 unspecified atom stereocenters. The van der Waals surface area contributed by atoms with Gasteiger partial charge >= 0.3 is 0 Å². The molecule has 6 heteroatoms. The Hall–Kier alpha value is -12.6. The second kappa shape index (κ2) is 22.7. The number of benzene rings is 16. The van der Waals surface area contributed by atoms with Crippen molar-refractivity contribution in [3.8, 4) is 55.9 Å². The first-order valence-corrected chi connectivity index (χ1v) is 36.4. The van der Waals surface area contributed by atoms with Crippen LogP contribution in [0.25, 0.3) is 99.5 Å². The summed E-state index contributed by atoms with van der Waals surface area (Å²) in [5, 5.41) is 4.96. The molecule has 16 aromatic carbocycles. The third kappa shape index (κ3) is 8.38. The molecule has 0 radical (unpaired) electrons. The molecule has 0 N–H and O–H groups in total. The summed E-state index contributed by atoms with van der Waals surface area (Å²) in [5.41, 5.74) is 37.8. The number of fused-ring (bicyclic) bond motifs is 22. The van der Waals surface area contributed by atoms with Gasteiger partial charge in [0.05, 0.1) is 27.5 Å². The van der Waals surface area contributed by atoms with Crippen LogP contribution in [0.15, 0.2) is 376 Å². The van der Waals surface area contributed by atoms with E-state index < -0.39 is 5.41 Å². The first-order valence-electron chi connectivity index (χ1n) is 36.4. The van der Waals surface area contributed by atoms with E-state index in [-0.39, 0.29) is 26.9 Å². The minimum atomic E-state index is -0.766. The van der Waals surface area contributed by atoms with E-state index in [1.165, 1.54) is 176 Å². The fourth-order valence-corrected chi connectivity index (χ4v) is 19.7. The van der Waals surface area contributed by atoms with E-state index in [0.29, 0.717) is 0 Å². The van der Waals surface area contributed by atoms with Gasteiger partial charge in [0.1, 0.15) is 0 Å². The molecule has 0 fully saturated rings. The Morgan fingerprint density at radius 3 is 0.883 bits per heavy atom. The van der Waals surface area contributed by atoms with Gasteiger partial charge in [-0.05, 0) is 140 Å². The Bertz CT molecular complexity index is 6110. The Kier molecular flexibility index (Phi) is 12.8. The van der Waals surface area contributed by atoms with Gasteiger partial charge in [-0.15, -0.1) is 0 Å². The van der Waals surface area contributed by atoms with Crippen LogP contribution in [0, 0.1) is 0 Å². The van der Waals surface area contributed by atoms with E-state index in [1.807, 2.05) is 0 Å². The molecular formula is C97H62B4N2. The van der Waals surface area contributed by atoms with Gasteiger partial charge in [0.2, 0.25) is 26.9 Å². The van der Waals surface area contributed by atoms with Crippen molar-refractivity contribution in [2.45, 2.75) is 5.41 Å². The van der Waals surface area contributed by atoms with Gasteiger partial charge in [0.25, 0.3) is 0 Å². The van der Waals surface area contributed by atoms with Crippen LogP contribution in [0.4, 0.5) is 0 Å². The molecule has 22 rings (SSSR count). The maximum atomic E-state index is 2.61. The number of para-hydroxylation sites is 4. The van der Waals surface area contributed by atoms with Gasteiger partial charge in [-0.25, -0.2) is 0 Å². The quantitative estimate of drug-likeness (QED) is 0.134. The van der Waals surface area contributed by atoms with Gasteiger partial charge in [-0.1, -0.05) is 369 Å². The second-order valence-electron chi connectivity index (χ2n) is 28.7. The smallest absolute Gasteiger partial charge is 0.240 e. The van der Waals surface area contributed by atoms with E-state index in [9.17, 15) is 0 Å². The number of nitrogens with zero attached hydrogens (tertiary/aromatic N) is 2. The zero-order valence-corrected chi connectivity index (χ0v) is 56.5. The summed E-state index contributed by atoms with van der Waals surface area (Å²) >= 11 is 0. The van der Waals surface area contributed by atoms with Crippen molar-refractivity contribution in [1.29, 1.82) is 0 Å². The third-order valence-corrected chi connectivity index (χ3v) is 23.8. The van der Waals surface area contributed by atoms with E-state index in [1.54, 1.807) is 0 Å². The Balaban J connectivity index is 0.867. The highest BCUT2D eigenvalue weighted by molar-refractivity contribution is 7.12. The standard InChI is InChI=1S/C97H62B4N2/c1-7-27-67(28-8-1)98-83-41-21-23-43-85(83)100(69-31-11-3-12-32-69)95-87(98)55-53-81-93(95)77-61-63(65-49-57-91-75(59-65)73-39-19-25-45-89(73)102(91)71-35-15-5-16-36-71)47-51-79(77)97(81)80-52-48-64(66-50-58-92-76(60-66)74-40-20-26-46-90(74)103(92)72-37-17-6-18-38-72)62-78(80)94-82(97)54-56-88-96(94)101(70-33-13-4-14-34-70)86-44-24-22-42-84(86)99(88)68-29-9-2-10-30-68/h1-62H. The highest BCUT2D eigenvalue weighted by Gasteiger charge is 2.56. The lowest BCUT2D eigenvalue weighted by molar-refractivity contribution is 0.795. The summed E-state index contributed by atoms with van der Waals surface area (Å²) < 4.78 is 4.86. The predicted octanol–water partition coefficient (Wildman–Crippen LogP) is 14.2. The number of aromatic nitrogens is 2. The maximum Gasteiger partial charge on any atom is 0.240 e. The second-order valence-corrected chi connectivity index (χ2v) is 28.7. The monoisotopic (exact) mass is 1300 g/mol. The topological polar surface area (TPSA) is 9.86 Å². The van der Waals surface area contributed by atoms with Crippen molar-refractivity contribution in [3.05, 3.63) is 398 Å². The Morgan fingerprint density at radius 2 is 0.495 bits per heavy atom. The molecule has 0 bridgehead atoms. The Labute approximate surface area is 600 Å². The van der Waals surface area contributed by atoms with Crippen molar-refractivity contribution in [1.82, 2.24) is 9.13 Å². The van der Waals surface area contributed by atoms with Crippen molar-refractivity contribution in [2.24, 2.45) is 0 Å². The van der Waals surface area contributed by atoms with Crippen LogP contribution in [0.1, 0.15) is 22.3 Å². The molecule has 103 heavy (non-hydrogen) atoms. The van der Waals surface area contributed by atoms with E-state index >= 15 is 0 Å². The number of hydrogen-bond donors (Lipinski definition) is 0. The van der Waals surface area contributed by atoms with Gasteiger partial charge in [-0.3, -0.25) is 0 Å². The fraction of sp³-hybridized carbons (Fsp3) is 0.0103. The van der Waals surface area contributed by atoms with Crippen LogP contribution in [0.5, 0.6) is 0 Å². The fourth-order valence-electron chi connectivity index (χ4n) is 19.7. The molecule has 4 aliphatic rings. The summed E-state index contributed by atoms with van der Waals surface area (Å²) in [6, 6.07) is 144. The number of rotatable bonds is 8. The van der Waals surface area contributed by atoms with Crippen LogP contribution in [-0.2, 0) is 5.41 Å². The zero-order chi connectivity index (χ0) is 67.4. The molecule has 0 saturated carbocycles. The average molecular weight is 1300 g/mol. The molecule has 0 saturated heterocycles. The highest BCUT2D eigenvalue weighted by Crippen LogP contribution is 2.63. The summed E-state index contributed by atoms with van der Waals surface area (Å²) in [4.78, 5) is 0. The molecule has 4 heterocycles. The summed E-state index contributed by atoms with van der Waals surface area (Å²) in [5.74, 6) is 0. The normalized spacial score (nSPS) is 13.4. The van der Waals surface area contributed by atoms with E-state index in [0.717, 1.165) is 11.4 Å². The molecular weight excluding hydrogens is 1240 g/mol. The van der Waals surface area contributed by atoms with E-state index in [4.69, 9.17) is 0 Å². The van der Waals surface area contributed by atoms with Crippen LogP contribution in [-0.4, -0.2) is 36.0 Å². The molecule has 472 valence electrons. The van der Waals surface area contributed by atoms with Crippen molar-refractivity contribution >= 4 is 136 Å². The lowest BCUT2D eigenvalue weighted by Crippen LogP contribution is -2.75. The molecule has 18 aromatic rings.